The Kier molecular flexibility index (Phi) is 5.92. The Bertz CT molecular complexity index is 417. The topological polar surface area (TPSA) is 46.2 Å². The molecular formula is C11H18ClNO2S2. The Morgan fingerprint density at radius 2 is 2.18 bits per heavy atom. The molecule has 1 rings (SSSR count). The van der Waals surface area contributed by atoms with Crippen LogP contribution in [0.3, 0.4) is 0 Å². The first-order chi connectivity index (χ1) is 7.93. The lowest BCUT2D eigenvalue weighted by molar-refractivity contribution is 0.549. The first-order valence-electron chi connectivity index (χ1n) is 5.50. The maximum Gasteiger partial charge on any atom is 0.212 e. The normalized spacial score (nSPS) is 15.7. The number of thiophene rings is 1. The smallest absolute Gasteiger partial charge is 0.212 e. The third-order valence-corrected chi connectivity index (χ3v) is 5.30. The number of hydrogen-bond acceptors (Lipinski definition) is 3. The number of alkyl halides is 1. The van der Waals surface area contributed by atoms with Crippen LogP contribution in [0.4, 0.5) is 0 Å². The number of nitrogens with one attached hydrogen (secondary N) is 1. The van der Waals surface area contributed by atoms with Gasteiger partial charge in [-0.3, -0.25) is 0 Å². The van der Waals surface area contributed by atoms with E-state index >= 15 is 0 Å². The van der Waals surface area contributed by atoms with Crippen molar-refractivity contribution < 1.29 is 8.42 Å². The molecule has 0 aliphatic carbocycles. The standard InChI is InChI=1S/C11H18ClNO2S2/c1-9(6-12)8-17(14,15)13-10(2)5-11-3-4-16-7-11/h3-4,7,9-10,13H,5-6,8H2,1-2H3. The minimum absolute atomic E-state index is 0.0254. The third-order valence-electron chi connectivity index (χ3n) is 2.27. The van der Waals surface area contributed by atoms with Crippen molar-refractivity contribution in [3.8, 4) is 0 Å². The van der Waals surface area contributed by atoms with Crippen molar-refractivity contribution in [2.45, 2.75) is 26.3 Å². The molecule has 0 bridgehead atoms. The fraction of sp³-hybridized carbons (Fsp3) is 0.636. The molecule has 0 radical (unpaired) electrons. The predicted molar refractivity (Wildman–Crippen MR) is 74.3 cm³/mol. The van der Waals surface area contributed by atoms with Crippen LogP contribution in [0.2, 0.25) is 0 Å². The van der Waals surface area contributed by atoms with Gasteiger partial charge in [-0.2, -0.15) is 11.3 Å². The number of sulfonamides is 1. The maximum absolute atomic E-state index is 11.8. The van der Waals surface area contributed by atoms with Gasteiger partial charge in [0.2, 0.25) is 10.0 Å². The zero-order chi connectivity index (χ0) is 12.9. The van der Waals surface area contributed by atoms with Gasteiger partial charge in [0.1, 0.15) is 0 Å². The van der Waals surface area contributed by atoms with Crippen molar-refractivity contribution in [2.75, 3.05) is 11.6 Å². The predicted octanol–water partition coefficient (Wildman–Crippen LogP) is 2.47. The fourth-order valence-electron chi connectivity index (χ4n) is 1.58. The molecule has 0 spiro atoms. The van der Waals surface area contributed by atoms with E-state index in [2.05, 4.69) is 4.72 Å². The van der Waals surface area contributed by atoms with E-state index in [1.807, 2.05) is 30.7 Å². The van der Waals surface area contributed by atoms with Crippen LogP contribution in [0, 0.1) is 5.92 Å². The maximum atomic E-state index is 11.8. The summed E-state index contributed by atoms with van der Waals surface area (Å²) in [5.74, 6) is 0.423. The van der Waals surface area contributed by atoms with Crippen LogP contribution in [-0.4, -0.2) is 26.1 Å². The van der Waals surface area contributed by atoms with Crippen molar-refractivity contribution in [1.29, 1.82) is 0 Å². The summed E-state index contributed by atoms with van der Waals surface area (Å²) in [5, 5.41) is 4.03. The average Bonchev–Trinajstić information content (AvgIpc) is 2.68. The molecule has 0 amide bonds. The highest BCUT2D eigenvalue weighted by Crippen LogP contribution is 2.10. The van der Waals surface area contributed by atoms with Gasteiger partial charge in [-0.15, -0.1) is 11.6 Å². The van der Waals surface area contributed by atoms with Gasteiger partial charge in [0, 0.05) is 11.9 Å². The SMILES string of the molecule is CC(CCl)CS(=O)(=O)NC(C)Cc1ccsc1. The van der Waals surface area contributed by atoms with E-state index < -0.39 is 10.0 Å². The van der Waals surface area contributed by atoms with Gasteiger partial charge in [0.25, 0.3) is 0 Å². The van der Waals surface area contributed by atoms with Crippen LogP contribution in [-0.2, 0) is 16.4 Å². The molecule has 0 aliphatic rings. The van der Waals surface area contributed by atoms with Crippen LogP contribution in [0.15, 0.2) is 16.8 Å². The summed E-state index contributed by atoms with van der Waals surface area (Å²) in [7, 11) is -3.23. The second-order valence-electron chi connectivity index (χ2n) is 4.40. The minimum atomic E-state index is -3.23. The van der Waals surface area contributed by atoms with E-state index in [1.165, 1.54) is 0 Å². The quantitative estimate of drug-likeness (QED) is 0.786. The summed E-state index contributed by atoms with van der Waals surface area (Å²) in [4.78, 5) is 0. The Morgan fingerprint density at radius 1 is 1.47 bits per heavy atom. The third kappa shape index (κ3) is 5.86. The summed E-state index contributed by atoms with van der Waals surface area (Å²) < 4.78 is 26.2. The van der Waals surface area contributed by atoms with Gasteiger partial charge in [0.15, 0.2) is 0 Å². The van der Waals surface area contributed by atoms with E-state index in [0.29, 0.717) is 5.88 Å². The molecule has 2 atom stereocenters. The fourth-order valence-corrected chi connectivity index (χ4v) is 4.16. The molecule has 2 unspecified atom stereocenters. The largest absolute Gasteiger partial charge is 0.212 e. The molecule has 1 heterocycles. The van der Waals surface area contributed by atoms with Gasteiger partial charge in [-0.1, -0.05) is 6.92 Å². The lowest BCUT2D eigenvalue weighted by Gasteiger charge is -2.15. The summed E-state index contributed by atoms with van der Waals surface area (Å²) in [6.07, 6.45) is 0.720. The van der Waals surface area contributed by atoms with Crippen molar-refractivity contribution in [1.82, 2.24) is 4.72 Å². The van der Waals surface area contributed by atoms with E-state index in [1.54, 1.807) is 11.3 Å². The molecule has 6 heteroatoms. The highest BCUT2D eigenvalue weighted by atomic mass is 35.5. The molecule has 0 aromatic carbocycles. The first-order valence-corrected chi connectivity index (χ1v) is 8.63. The van der Waals surface area contributed by atoms with Crippen LogP contribution in [0.25, 0.3) is 0 Å². The molecule has 1 aromatic rings. The zero-order valence-electron chi connectivity index (χ0n) is 10.0. The molecule has 3 nitrogen and oxygen atoms in total. The van der Waals surface area contributed by atoms with E-state index in [4.69, 9.17) is 11.6 Å². The van der Waals surface area contributed by atoms with Gasteiger partial charge < -0.3 is 0 Å². The number of halogens is 1. The Balaban J connectivity index is 2.47. The molecule has 0 aliphatic heterocycles. The van der Waals surface area contributed by atoms with Gasteiger partial charge in [0.05, 0.1) is 5.75 Å². The molecule has 1 N–H and O–H groups in total. The highest BCUT2D eigenvalue weighted by molar-refractivity contribution is 7.89. The van der Waals surface area contributed by atoms with Crippen LogP contribution in [0.1, 0.15) is 19.4 Å². The van der Waals surface area contributed by atoms with Crippen molar-refractivity contribution >= 4 is 33.0 Å². The highest BCUT2D eigenvalue weighted by Gasteiger charge is 2.18. The first kappa shape index (κ1) is 15.0. The van der Waals surface area contributed by atoms with Gasteiger partial charge >= 0.3 is 0 Å². The second-order valence-corrected chi connectivity index (χ2v) is 7.28. The van der Waals surface area contributed by atoms with Crippen LogP contribution >= 0.6 is 22.9 Å². The molecule has 0 saturated heterocycles. The van der Waals surface area contributed by atoms with E-state index in [-0.39, 0.29) is 17.7 Å². The summed E-state index contributed by atoms with van der Waals surface area (Å²) in [5.41, 5.74) is 1.16. The van der Waals surface area contributed by atoms with Crippen molar-refractivity contribution in [2.24, 2.45) is 5.92 Å². The average molecular weight is 296 g/mol. The Morgan fingerprint density at radius 3 is 2.71 bits per heavy atom. The molecule has 0 saturated carbocycles. The number of hydrogen-bond donors (Lipinski definition) is 1. The van der Waals surface area contributed by atoms with Crippen LogP contribution < -0.4 is 4.72 Å². The molecule has 98 valence electrons. The van der Waals surface area contributed by atoms with Gasteiger partial charge in [-0.25, -0.2) is 13.1 Å². The summed E-state index contributed by atoms with van der Waals surface area (Å²) in [6, 6.07) is 1.92. The molecular weight excluding hydrogens is 278 g/mol. The van der Waals surface area contributed by atoms with Crippen molar-refractivity contribution in [3.63, 3.8) is 0 Å². The van der Waals surface area contributed by atoms with Gasteiger partial charge in [-0.05, 0) is 41.7 Å². The molecule has 1 aromatic heterocycles. The summed E-state index contributed by atoms with van der Waals surface area (Å²) >= 11 is 7.24. The van der Waals surface area contributed by atoms with E-state index in [0.717, 1.165) is 12.0 Å². The van der Waals surface area contributed by atoms with E-state index in [9.17, 15) is 8.42 Å². The lowest BCUT2D eigenvalue weighted by Crippen LogP contribution is -2.37. The molecule has 0 fully saturated rings. The van der Waals surface area contributed by atoms with Crippen molar-refractivity contribution in [3.05, 3.63) is 22.4 Å². The lowest BCUT2D eigenvalue weighted by atomic mass is 10.1. The monoisotopic (exact) mass is 295 g/mol. The Hall–Kier alpha value is -0.100. The summed E-state index contributed by atoms with van der Waals surface area (Å²) in [6.45, 7) is 3.70. The second kappa shape index (κ2) is 6.73. The Labute approximate surface area is 112 Å². The molecule has 17 heavy (non-hydrogen) atoms. The minimum Gasteiger partial charge on any atom is -0.212 e. The number of rotatable bonds is 7. The van der Waals surface area contributed by atoms with Crippen LogP contribution in [0.5, 0.6) is 0 Å². The zero-order valence-corrected chi connectivity index (χ0v) is 12.4.